The van der Waals surface area contributed by atoms with E-state index in [1.54, 1.807) is 55.6 Å². The molecule has 3 aromatic rings. The number of carboxylic acids is 1. The number of amides is 5. The van der Waals surface area contributed by atoms with E-state index in [0.717, 1.165) is 16.7 Å². The minimum atomic E-state index is -1.14. The van der Waals surface area contributed by atoms with Crippen LogP contribution in [0.15, 0.2) is 89.9 Å². The van der Waals surface area contributed by atoms with E-state index >= 15 is 0 Å². The molecule has 300 valence electrons. The van der Waals surface area contributed by atoms with Gasteiger partial charge >= 0.3 is 18.2 Å². The van der Waals surface area contributed by atoms with Gasteiger partial charge in [-0.3, -0.25) is 24.5 Å². The lowest BCUT2D eigenvalue weighted by Crippen LogP contribution is -2.53. The highest BCUT2D eigenvalue weighted by Crippen LogP contribution is 2.17. The second-order valence-electron chi connectivity index (χ2n) is 12.7. The number of benzene rings is 3. The fourth-order valence-corrected chi connectivity index (χ4v) is 5.34. The largest absolute Gasteiger partial charge is 0.497 e. The van der Waals surface area contributed by atoms with Gasteiger partial charge in [-0.1, -0.05) is 72.8 Å². The van der Waals surface area contributed by atoms with Gasteiger partial charge in [-0.15, -0.1) is 4.99 Å². The number of methoxy groups -OCH3 is 1. The van der Waals surface area contributed by atoms with Crippen molar-refractivity contribution in [3.8, 4) is 5.75 Å². The first-order valence-electron chi connectivity index (χ1n) is 18.1. The number of alkyl carbamates (subject to hydrolysis) is 1. The Labute approximate surface area is 325 Å². The number of guanidine groups is 1. The molecule has 0 spiro atoms. The highest BCUT2D eigenvalue weighted by Gasteiger charge is 2.27. The molecule has 0 saturated heterocycles. The molecule has 3 aromatic carbocycles. The lowest BCUT2D eigenvalue weighted by Gasteiger charge is -2.22. The Morgan fingerprint density at radius 3 is 1.95 bits per heavy atom. The van der Waals surface area contributed by atoms with Crippen LogP contribution in [-0.2, 0) is 48.3 Å². The molecule has 0 aliphatic heterocycles. The topological polar surface area (TPSA) is 223 Å². The van der Waals surface area contributed by atoms with E-state index in [-0.39, 0.29) is 45.0 Å². The number of carboxylic acid groups (broad SMARTS) is 1. The van der Waals surface area contributed by atoms with Gasteiger partial charge in [0.1, 0.15) is 31.0 Å². The van der Waals surface area contributed by atoms with Crippen molar-refractivity contribution < 1.29 is 48.1 Å². The van der Waals surface area contributed by atoms with E-state index in [1.807, 2.05) is 36.4 Å². The van der Waals surface area contributed by atoms with Crippen molar-refractivity contribution in [1.82, 2.24) is 26.6 Å². The summed E-state index contributed by atoms with van der Waals surface area (Å²) >= 11 is 0. The first kappa shape index (κ1) is 44.0. The van der Waals surface area contributed by atoms with Crippen molar-refractivity contribution in [2.24, 2.45) is 10.9 Å². The van der Waals surface area contributed by atoms with Gasteiger partial charge in [-0.2, -0.15) is 0 Å². The molecular weight excluding hydrogens is 724 g/mol. The molecule has 0 fully saturated rings. The van der Waals surface area contributed by atoms with E-state index in [9.17, 15) is 33.9 Å². The monoisotopic (exact) mass is 774 g/mol. The molecule has 5 amide bonds. The zero-order valence-corrected chi connectivity index (χ0v) is 31.7. The predicted octanol–water partition coefficient (Wildman–Crippen LogP) is 3.83. The summed E-state index contributed by atoms with van der Waals surface area (Å²) in [5.74, 6) is -3.30. The lowest BCUT2D eigenvalue weighted by molar-refractivity contribution is -0.141. The number of likely N-dealkylation sites (N-methyl/N-ethyl adjacent to an activating group) is 1. The zero-order valence-electron chi connectivity index (χ0n) is 31.7. The number of carbonyl (C=O) groups is 6. The maximum absolute atomic E-state index is 13.1. The summed E-state index contributed by atoms with van der Waals surface area (Å²) in [4.78, 5) is 79.5. The Hall–Kier alpha value is -6.45. The fraction of sp³-hybridized carbons (Fsp3) is 0.375. The molecule has 3 atom stereocenters. The summed E-state index contributed by atoms with van der Waals surface area (Å²) in [5, 5.41) is 22.4. The van der Waals surface area contributed by atoms with Gasteiger partial charge < -0.3 is 40.6 Å². The van der Waals surface area contributed by atoms with Crippen LogP contribution >= 0.6 is 0 Å². The summed E-state index contributed by atoms with van der Waals surface area (Å²) in [5.41, 5.74) is 2.48. The van der Waals surface area contributed by atoms with Crippen LogP contribution in [0.1, 0.15) is 55.7 Å². The quantitative estimate of drug-likeness (QED) is 0.0550. The number of rotatable bonds is 20. The first-order chi connectivity index (χ1) is 27.0. The average molecular weight is 775 g/mol. The Morgan fingerprint density at radius 1 is 0.732 bits per heavy atom. The number of nitrogens with zero attached hydrogens (tertiary/aromatic N) is 1. The number of aliphatic imine (C=N–C) groups is 1. The Kier molecular flexibility index (Phi) is 18.9. The van der Waals surface area contributed by atoms with E-state index in [0.29, 0.717) is 18.6 Å². The summed E-state index contributed by atoms with van der Waals surface area (Å²) in [6, 6.07) is 23.3. The van der Waals surface area contributed by atoms with Crippen LogP contribution < -0.4 is 31.3 Å². The number of hydrogen-bond acceptors (Lipinski definition) is 9. The van der Waals surface area contributed by atoms with Crippen LogP contribution in [-0.4, -0.2) is 79.7 Å². The molecule has 0 radical (unpaired) electrons. The molecular formula is C40H50N6O10. The van der Waals surface area contributed by atoms with E-state index in [2.05, 4.69) is 31.6 Å². The van der Waals surface area contributed by atoms with Crippen molar-refractivity contribution in [3.63, 3.8) is 0 Å². The normalized spacial score (nSPS) is 12.5. The van der Waals surface area contributed by atoms with Crippen molar-refractivity contribution in [2.45, 2.75) is 70.7 Å². The average Bonchev–Trinajstić information content (AvgIpc) is 3.20. The molecule has 6 N–H and O–H groups in total. The smallest absolute Gasteiger partial charge is 0.437 e. The summed E-state index contributed by atoms with van der Waals surface area (Å²) in [6.45, 7) is 1.45. The van der Waals surface area contributed by atoms with Gasteiger partial charge in [0, 0.05) is 19.5 Å². The molecule has 0 heterocycles. The molecule has 3 rings (SSSR count). The van der Waals surface area contributed by atoms with Gasteiger partial charge in [-0.25, -0.2) is 9.59 Å². The third-order valence-corrected chi connectivity index (χ3v) is 8.40. The van der Waals surface area contributed by atoms with Gasteiger partial charge in [0.15, 0.2) is 0 Å². The van der Waals surface area contributed by atoms with E-state index in [1.165, 1.54) is 14.0 Å². The molecule has 0 saturated carbocycles. The highest BCUT2D eigenvalue weighted by molar-refractivity contribution is 5.98. The number of aryl methyl sites for hydroxylation is 1. The summed E-state index contributed by atoms with van der Waals surface area (Å²) in [6.07, 6.45) is -0.486. The second kappa shape index (κ2) is 24.1. The molecule has 0 unspecified atom stereocenters. The Morgan fingerprint density at radius 2 is 1.36 bits per heavy atom. The number of aliphatic carboxylic acids is 1. The minimum Gasteiger partial charge on any atom is -0.497 e. The Balaban J connectivity index is 1.55. The van der Waals surface area contributed by atoms with Crippen molar-refractivity contribution >= 4 is 41.8 Å². The van der Waals surface area contributed by atoms with Crippen LogP contribution in [0.25, 0.3) is 0 Å². The molecule has 0 aliphatic rings. The number of nitrogens with one attached hydrogen (secondary N) is 5. The van der Waals surface area contributed by atoms with Crippen molar-refractivity contribution in [1.29, 1.82) is 0 Å². The molecule has 0 aliphatic carbocycles. The van der Waals surface area contributed by atoms with Crippen LogP contribution in [0.5, 0.6) is 5.75 Å². The summed E-state index contributed by atoms with van der Waals surface area (Å²) < 4.78 is 15.6. The predicted molar refractivity (Wildman–Crippen MR) is 206 cm³/mol. The highest BCUT2D eigenvalue weighted by atomic mass is 16.6. The van der Waals surface area contributed by atoms with Crippen LogP contribution in [0.4, 0.5) is 9.59 Å². The van der Waals surface area contributed by atoms with E-state index < -0.39 is 60.3 Å². The van der Waals surface area contributed by atoms with Gasteiger partial charge in [0.2, 0.25) is 23.7 Å². The molecule has 16 heteroatoms. The first-order valence-corrected chi connectivity index (χ1v) is 18.1. The Bertz CT molecular complexity index is 1760. The van der Waals surface area contributed by atoms with Crippen molar-refractivity contribution in [2.75, 3.05) is 20.7 Å². The fourth-order valence-electron chi connectivity index (χ4n) is 5.34. The second-order valence-corrected chi connectivity index (χ2v) is 12.7. The standard InChI is InChI=1S/C40H50N6O10/c1-27(43-36(50)31(24-34(47)48)17-10-16-28-19-21-32(54-3)22-20-28)35(49)44-33(37(51)41-2)18-11-23-42-38(45-39(52)55-25-29-12-6-4-7-13-29)46-40(53)56-26-30-14-8-5-9-15-30/h4-9,12-15,19-22,27,31,33H,10-11,16-18,23-26H2,1-3H3,(H,41,51)(H,43,50)(H,44,49)(H,47,48)(H2,42,45,46,52,53)/t27-,31+,33-/m0/s1. The maximum Gasteiger partial charge on any atom is 0.437 e. The number of carbonyl (C=O) groups excluding carboxylic acids is 5. The lowest BCUT2D eigenvalue weighted by atomic mass is 9.95. The van der Waals surface area contributed by atoms with Gasteiger partial charge in [0.05, 0.1) is 13.5 Å². The number of hydrogen-bond donors (Lipinski definition) is 6. The summed E-state index contributed by atoms with van der Waals surface area (Å²) in [7, 11) is 2.98. The minimum absolute atomic E-state index is 0.0321. The van der Waals surface area contributed by atoms with Gasteiger partial charge in [0.25, 0.3) is 0 Å². The van der Waals surface area contributed by atoms with Crippen LogP contribution in [0.2, 0.25) is 0 Å². The maximum atomic E-state index is 13.1. The molecule has 56 heavy (non-hydrogen) atoms. The van der Waals surface area contributed by atoms with Crippen LogP contribution in [0, 0.1) is 5.92 Å². The van der Waals surface area contributed by atoms with Crippen LogP contribution in [0.3, 0.4) is 0 Å². The molecule has 0 bridgehead atoms. The SMILES string of the molecule is CNC(=O)[C@H](CCCN/C(=N\C(=O)OCc1ccccc1)NC(=O)OCc1ccccc1)NC(=O)[C@H](C)NC(=O)[C@H](CCCc1ccc(OC)cc1)CC(=O)O. The van der Waals surface area contributed by atoms with E-state index in [4.69, 9.17) is 14.2 Å². The van der Waals surface area contributed by atoms with Crippen molar-refractivity contribution in [3.05, 3.63) is 102 Å². The van der Waals surface area contributed by atoms with Gasteiger partial charge in [-0.05, 0) is 67.9 Å². The zero-order chi connectivity index (χ0) is 40.7. The molecule has 16 nitrogen and oxygen atoms in total. The third-order valence-electron chi connectivity index (χ3n) is 8.40. The number of ether oxygens (including phenoxy) is 3. The third kappa shape index (κ3) is 16.7. The molecule has 0 aromatic heterocycles.